The molecule has 1 saturated carbocycles. The number of carbonyl (C=O) groups excluding carboxylic acids is 1. The van der Waals surface area contributed by atoms with Crippen molar-refractivity contribution in [1.29, 1.82) is 0 Å². The summed E-state index contributed by atoms with van der Waals surface area (Å²) in [5.41, 5.74) is 2.48. The Morgan fingerprint density at radius 2 is 1.84 bits per heavy atom. The highest BCUT2D eigenvalue weighted by atomic mass is 16.2. The van der Waals surface area contributed by atoms with E-state index in [2.05, 4.69) is 15.4 Å². The number of rotatable bonds is 3. The quantitative estimate of drug-likeness (QED) is 0.536. The summed E-state index contributed by atoms with van der Waals surface area (Å²) in [7, 11) is 4.77. The van der Waals surface area contributed by atoms with E-state index in [1.807, 2.05) is 20.0 Å². The Bertz CT molecular complexity index is 1520. The molecular formula is C21H21N7O3. The average molecular weight is 419 g/mol. The van der Waals surface area contributed by atoms with Crippen molar-refractivity contribution in [3.05, 3.63) is 56.1 Å². The monoisotopic (exact) mass is 419 g/mol. The van der Waals surface area contributed by atoms with Gasteiger partial charge in [0.15, 0.2) is 5.65 Å². The lowest BCUT2D eigenvalue weighted by Crippen LogP contribution is -2.37. The fourth-order valence-corrected chi connectivity index (χ4v) is 3.96. The lowest BCUT2D eigenvalue weighted by atomic mass is 10.1. The molecule has 0 spiro atoms. The summed E-state index contributed by atoms with van der Waals surface area (Å²) in [5.74, 6) is 0.0472. The largest absolute Gasteiger partial charge is 0.332 e. The highest BCUT2D eigenvalue weighted by Gasteiger charge is 2.28. The Morgan fingerprint density at radius 3 is 2.55 bits per heavy atom. The summed E-state index contributed by atoms with van der Waals surface area (Å²) in [5, 5.41) is 8.22. The highest BCUT2D eigenvalue weighted by Crippen LogP contribution is 2.40. The summed E-state index contributed by atoms with van der Waals surface area (Å²) in [6.45, 7) is 1.85. The molecule has 0 radical (unpaired) electrons. The summed E-state index contributed by atoms with van der Waals surface area (Å²) >= 11 is 0. The first-order valence-corrected chi connectivity index (χ1v) is 9.97. The van der Waals surface area contributed by atoms with Crippen LogP contribution in [-0.2, 0) is 21.1 Å². The fourth-order valence-electron chi connectivity index (χ4n) is 3.96. The molecule has 1 amide bonds. The van der Waals surface area contributed by atoms with Crippen LogP contribution < -0.4 is 16.6 Å². The molecule has 10 nitrogen and oxygen atoms in total. The minimum atomic E-state index is -0.466. The van der Waals surface area contributed by atoms with Gasteiger partial charge >= 0.3 is 5.69 Å². The highest BCUT2D eigenvalue weighted by molar-refractivity contribution is 6.13. The lowest BCUT2D eigenvalue weighted by Gasteiger charge is -2.11. The van der Waals surface area contributed by atoms with Gasteiger partial charge in [-0.3, -0.25) is 23.4 Å². The number of pyridine rings is 2. The van der Waals surface area contributed by atoms with Crippen LogP contribution in [-0.4, -0.2) is 34.8 Å². The number of carbonyl (C=O) groups is 1. The molecule has 0 atom stereocenters. The zero-order chi connectivity index (χ0) is 22.0. The van der Waals surface area contributed by atoms with E-state index in [-0.39, 0.29) is 16.9 Å². The first kappa shape index (κ1) is 19.2. The van der Waals surface area contributed by atoms with Gasteiger partial charge in [-0.25, -0.2) is 14.8 Å². The van der Waals surface area contributed by atoms with Crippen molar-refractivity contribution < 1.29 is 4.79 Å². The zero-order valence-electron chi connectivity index (χ0n) is 17.6. The molecule has 0 bridgehead atoms. The van der Waals surface area contributed by atoms with Gasteiger partial charge in [0, 0.05) is 32.8 Å². The summed E-state index contributed by atoms with van der Waals surface area (Å²) in [4.78, 5) is 46.8. The van der Waals surface area contributed by atoms with Gasteiger partial charge in [-0.2, -0.15) is 5.10 Å². The van der Waals surface area contributed by atoms with E-state index in [1.54, 1.807) is 11.7 Å². The molecule has 158 valence electrons. The van der Waals surface area contributed by atoms with Crippen molar-refractivity contribution in [3.63, 3.8) is 0 Å². The molecule has 10 heteroatoms. The number of nitrogens with one attached hydrogen (secondary N) is 1. The van der Waals surface area contributed by atoms with Crippen molar-refractivity contribution in [3.8, 4) is 0 Å². The van der Waals surface area contributed by atoms with E-state index in [1.165, 1.54) is 23.9 Å². The van der Waals surface area contributed by atoms with Crippen LogP contribution in [0.1, 0.15) is 40.5 Å². The van der Waals surface area contributed by atoms with Gasteiger partial charge in [-0.05, 0) is 31.9 Å². The zero-order valence-corrected chi connectivity index (χ0v) is 17.6. The molecule has 5 rings (SSSR count). The molecule has 1 N–H and O–H groups in total. The molecule has 4 aromatic heterocycles. The van der Waals surface area contributed by atoms with Gasteiger partial charge in [0.2, 0.25) is 0 Å². The van der Waals surface area contributed by atoms with Crippen molar-refractivity contribution in [2.45, 2.75) is 25.7 Å². The number of aryl methyl sites for hydroxylation is 3. The molecule has 31 heavy (non-hydrogen) atoms. The molecule has 0 unspecified atom stereocenters. The molecule has 0 saturated heterocycles. The predicted octanol–water partition coefficient (Wildman–Crippen LogP) is 1.35. The van der Waals surface area contributed by atoms with Crippen molar-refractivity contribution in [2.75, 3.05) is 5.32 Å². The van der Waals surface area contributed by atoms with E-state index in [9.17, 15) is 14.4 Å². The van der Waals surface area contributed by atoms with Gasteiger partial charge in [-0.15, -0.1) is 0 Å². The molecule has 1 aliphatic rings. The first-order valence-electron chi connectivity index (χ1n) is 9.97. The van der Waals surface area contributed by atoms with Crippen LogP contribution in [0.2, 0.25) is 0 Å². The molecular weight excluding hydrogens is 398 g/mol. The lowest BCUT2D eigenvalue weighted by molar-refractivity contribution is 0.102. The standard InChI is InChI=1S/C21H21N7O3/c1-10-16-13(8-15(11-5-6-11)24-18(16)28(4)25-10)19(29)23-12-7-14-17(22-9-12)26(2)21(31)27(3)20(14)30/h7-9,11H,5-6H2,1-4H3,(H,23,29). The second kappa shape index (κ2) is 6.59. The van der Waals surface area contributed by atoms with E-state index in [4.69, 9.17) is 4.98 Å². The maximum absolute atomic E-state index is 13.3. The predicted molar refractivity (Wildman–Crippen MR) is 115 cm³/mol. The Hall–Kier alpha value is -3.82. The van der Waals surface area contributed by atoms with Crippen molar-refractivity contribution >= 4 is 33.7 Å². The third kappa shape index (κ3) is 2.94. The number of amides is 1. The molecule has 0 aromatic carbocycles. The van der Waals surface area contributed by atoms with E-state index < -0.39 is 11.2 Å². The second-order valence-corrected chi connectivity index (χ2v) is 8.03. The minimum absolute atomic E-state index is 0.249. The Morgan fingerprint density at radius 1 is 1.10 bits per heavy atom. The molecule has 0 aliphatic heterocycles. The van der Waals surface area contributed by atoms with Crippen molar-refractivity contribution in [1.82, 2.24) is 28.9 Å². The van der Waals surface area contributed by atoms with Crippen LogP contribution in [0.25, 0.3) is 22.1 Å². The number of aromatic nitrogens is 6. The van der Waals surface area contributed by atoms with Crippen LogP contribution in [0.5, 0.6) is 0 Å². The summed E-state index contributed by atoms with van der Waals surface area (Å²) in [6, 6.07) is 3.37. The number of nitrogens with zero attached hydrogens (tertiary/aromatic N) is 6. The van der Waals surface area contributed by atoms with Crippen molar-refractivity contribution in [2.24, 2.45) is 21.1 Å². The number of anilines is 1. The molecule has 4 aromatic rings. The minimum Gasteiger partial charge on any atom is -0.321 e. The third-order valence-corrected chi connectivity index (χ3v) is 5.78. The number of fused-ring (bicyclic) bond motifs is 2. The summed E-state index contributed by atoms with van der Waals surface area (Å²) in [6.07, 6.45) is 3.56. The van der Waals surface area contributed by atoms with Crippen LogP contribution in [0.4, 0.5) is 5.69 Å². The number of hydrogen-bond donors (Lipinski definition) is 1. The van der Waals surface area contributed by atoms with Gasteiger partial charge in [0.05, 0.1) is 33.9 Å². The van der Waals surface area contributed by atoms with E-state index in [0.717, 1.165) is 28.8 Å². The topological polar surface area (TPSA) is 117 Å². The van der Waals surface area contributed by atoms with Crippen LogP contribution in [0, 0.1) is 6.92 Å². The third-order valence-electron chi connectivity index (χ3n) is 5.78. The Kier molecular flexibility index (Phi) is 4.07. The van der Waals surface area contributed by atoms with Crippen LogP contribution >= 0.6 is 0 Å². The molecule has 1 aliphatic carbocycles. The first-order chi connectivity index (χ1) is 14.8. The Labute approximate surface area is 176 Å². The number of hydrogen-bond acceptors (Lipinski definition) is 6. The Balaban J connectivity index is 1.61. The maximum Gasteiger partial charge on any atom is 0.332 e. The van der Waals surface area contributed by atoms with Gasteiger partial charge in [0.25, 0.3) is 11.5 Å². The second-order valence-electron chi connectivity index (χ2n) is 8.03. The summed E-state index contributed by atoms with van der Waals surface area (Å²) < 4.78 is 4.01. The van der Waals surface area contributed by atoms with Gasteiger partial charge < -0.3 is 5.32 Å². The average Bonchev–Trinajstić information content (AvgIpc) is 3.56. The maximum atomic E-state index is 13.3. The molecule has 4 heterocycles. The SMILES string of the molecule is Cc1nn(C)c2nc(C3CC3)cc(C(=O)Nc3cnc4c(c3)c(=O)n(C)c(=O)n4C)c12. The van der Waals surface area contributed by atoms with E-state index in [0.29, 0.717) is 28.2 Å². The van der Waals surface area contributed by atoms with Crippen LogP contribution in [0.3, 0.4) is 0 Å². The fraction of sp³-hybridized carbons (Fsp3) is 0.333. The van der Waals surface area contributed by atoms with Gasteiger partial charge in [-0.1, -0.05) is 0 Å². The molecule has 1 fully saturated rings. The van der Waals surface area contributed by atoms with Crippen LogP contribution in [0.15, 0.2) is 27.9 Å². The van der Waals surface area contributed by atoms with Gasteiger partial charge in [0.1, 0.15) is 5.65 Å². The smallest absolute Gasteiger partial charge is 0.321 e. The van der Waals surface area contributed by atoms with E-state index >= 15 is 0 Å². The normalized spacial score (nSPS) is 13.8.